The molecule has 4 unspecified atom stereocenters. The van der Waals surface area contributed by atoms with E-state index in [9.17, 15) is 48.6 Å². The van der Waals surface area contributed by atoms with E-state index in [1.54, 1.807) is 54.0 Å². The second-order valence-corrected chi connectivity index (χ2v) is 18.3. The average molecular weight is 945 g/mol. The number of aliphatic carboxylic acids is 2. The quantitative estimate of drug-likeness (QED) is 0.0349. The summed E-state index contributed by atoms with van der Waals surface area (Å²) in [4.78, 5) is 108. The molecule has 5 atom stereocenters. The zero-order chi connectivity index (χ0) is 47.3. The van der Waals surface area contributed by atoms with Gasteiger partial charge in [-0.25, -0.2) is 4.79 Å². The molecule has 4 rings (SSSR count). The van der Waals surface area contributed by atoms with Crippen molar-refractivity contribution in [2.24, 2.45) is 11.8 Å². The first-order chi connectivity index (χ1) is 31.1. The molecule has 0 spiro atoms. The van der Waals surface area contributed by atoms with Crippen molar-refractivity contribution in [3.05, 3.63) is 57.5 Å². The van der Waals surface area contributed by atoms with Gasteiger partial charge >= 0.3 is 17.9 Å². The molecule has 3 aromatic rings. The van der Waals surface area contributed by atoms with Crippen molar-refractivity contribution < 1.29 is 58.0 Å². The van der Waals surface area contributed by atoms with Crippen LogP contribution >= 0.6 is 23.5 Å². The number of H-pyrrole nitrogens is 2. The Labute approximate surface area is 384 Å². The number of esters is 1. The molecule has 0 saturated heterocycles. The number of nitrogens with one attached hydrogen (secondary N) is 4. The van der Waals surface area contributed by atoms with Crippen LogP contribution in [0, 0.1) is 11.8 Å². The highest BCUT2D eigenvalue weighted by molar-refractivity contribution is 8.04. The van der Waals surface area contributed by atoms with Gasteiger partial charge in [0.1, 0.15) is 29.9 Å². The minimum Gasteiger partial charge on any atom is -0.481 e. The third-order valence-corrected chi connectivity index (χ3v) is 14.1. The summed E-state index contributed by atoms with van der Waals surface area (Å²) in [5.74, 6) is -3.95. The van der Waals surface area contributed by atoms with Crippen LogP contribution in [-0.4, -0.2) is 134 Å². The van der Waals surface area contributed by atoms with E-state index in [4.69, 9.17) is 19.9 Å². The highest BCUT2D eigenvalue weighted by atomic mass is 32.2. The number of nitrogens with two attached hydrogens (primary N) is 1. The number of ether oxygens (including phenoxy) is 3. The van der Waals surface area contributed by atoms with Crippen LogP contribution < -0.4 is 21.9 Å². The highest BCUT2D eigenvalue weighted by Crippen LogP contribution is 2.42. The minimum absolute atomic E-state index is 0.00595. The number of aromatic amines is 2. The van der Waals surface area contributed by atoms with Crippen LogP contribution in [0.3, 0.4) is 0 Å². The number of nitrogen functional groups attached to an aromatic ring is 1. The van der Waals surface area contributed by atoms with Crippen LogP contribution in [0.1, 0.15) is 86.7 Å². The third kappa shape index (κ3) is 17.9. The molecular formula is C44H60N6O13S2. The van der Waals surface area contributed by atoms with Gasteiger partial charge in [0, 0.05) is 66.0 Å². The zero-order valence-electron chi connectivity index (χ0n) is 36.7. The highest BCUT2D eigenvalue weighted by Gasteiger charge is 2.34. The van der Waals surface area contributed by atoms with Crippen molar-refractivity contribution in [3.63, 3.8) is 0 Å². The number of carbonyl (C=O) groups is 7. The predicted molar refractivity (Wildman–Crippen MR) is 245 cm³/mol. The average Bonchev–Trinajstić information content (AvgIpc) is 3.67. The molecule has 1 aromatic carbocycles. The molecule has 1 aliphatic rings. The van der Waals surface area contributed by atoms with Gasteiger partial charge in [0.25, 0.3) is 11.5 Å². The summed E-state index contributed by atoms with van der Waals surface area (Å²) in [5.41, 5.74) is 7.52. The molecule has 21 heteroatoms. The first kappa shape index (κ1) is 52.4. The molecule has 2 aromatic heterocycles. The summed E-state index contributed by atoms with van der Waals surface area (Å²) in [6.45, 7) is 3.81. The Hall–Kier alpha value is -5.25. The maximum absolute atomic E-state index is 13.3. The van der Waals surface area contributed by atoms with E-state index in [-0.39, 0.29) is 117 Å². The van der Waals surface area contributed by atoms with E-state index in [1.807, 2.05) is 6.92 Å². The van der Waals surface area contributed by atoms with Crippen molar-refractivity contribution in [3.8, 4) is 0 Å². The first-order valence-electron chi connectivity index (χ1n) is 21.7. The number of amides is 2. The summed E-state index contributed by atoms with van der Waals surface area (Å²) in [6.07, 6.45) is 5.12. The smallest absolute Gasteiger partial charge is 0.326 e. The SMILES string of the molecule is CCC(CSC1CCC1SCC(CC(=O)CCOCCC(C)=O)C(=O)NCCOCCOC(=O)CC[C@H](NC(=O)c1ccc(CCc2c[nH]c3nc(N)[nH]c(=O)c23)cc1)C(=O)O)C(=O)O. The summed E-state index contributed by atoms with van der Waals surface area (Å²) in [7, 11) is 0. The lowest BCUT2D eigenvalue weighted by Gasteiger charge is -2.36. The van der Waals surface area contributed by atoms with Crippen LogP contribution in [0.5, 0.6) is 0 Å². The van der Waals surface area contributed by atoms with Crippen molar-refractivity contribution in [1.29, 1.82) is 0 Å². The minimum atomic E-state index is -1.35. The molecule has 1 fully saturated rings. The maximum atomic E-state index is 13.3. The van der Waals surface area contributed by atoms with Gasteiger partial charge in [0.15, 0.2) is 0 Å². The van der Waals surface area contributed by atoms with E-state index in [2.05, 4.69) is 25.6 Å². The number of hydrogen-bond acceptors (Lipinski definition) is 15. The van der Waals surface area contributed by atoms with Crippen LogP contribution in [-0.2, 0) is 55.8 Å². The number of anilines is 1. The van der Waals surface area contributed by atoms with Crippen molar-refractivity contribution in [2.45, 2.75) is 94.6 Å². The van der Waals surface area contributed by atoms with Gasteiger partial charge in [-0.15, -0.1) is 0 Å². The zero-order valence-corrected chi connectivity index (χ0v) is 38.4. The van der Waals surface area contributed by atoms with E-state index in [0.29, 0.717) is 41.8 Å². The lowest BCUT2D eigenvalue weighted by atomic mass is 9.99. The molecule has 65 heavy (non-hydrogen) atoms. The maximum Gasteiger partial charge on any atom is 0.326 e. The Morgan fingerprint density at radius 2 is 1.55 bits per heavy atom. The van der Waals surface area contributed by atoms with Gasteiger partial charge in [0.2, 0.25) is 11.9 Å². The van der Waals surface area contributed by atoms with Gasteiger partial charge in [-0.1, -0.05) is 19.1 Å². The number of nitrogens with zero attached hydrogens (tertiary/aromatic N) is 1. The Morgan fingerprint density at radius 3 is 2.20 bits per heavy atom. The molecular weight excluding hydrogens is 885 g/mol. The van der Waals surface area contributed by atoms with Crippen molar-refractivity contribution in [1.82, 2.24) is 25.6 Å². The number of carboxylic acid groups (broad SMARTS) is 2. The summed E-state index contributed by atoms with van der Waals surface area (Å²) in [5, 5.41) is 25.3. The van der Waals surface area contributed by atoms with Crippen molar-refractivity contribution in [2.75, 3.05) is 56.8 Å². The first-order valence-corrected chi connectivity index (χ1v) is 23.8. The second kappa shape index (κ2) is 27.3. The molecule has 2 amide bonds. The molecule has 19 nitrogen and oxygen atoms in total. The van der Waals surface area contributed by atoms with E-state index >= 15 is 0 Å². The summed E-state index contributed by atoms with van der Waals surface area (Å²) >= 11 is 3.27. The van der Waals surface area contributed by atoms with E-state index in [1.165, 1.54) is 6.92 Å². The number of aryl methyl sites for hydroxylation is 2. The molecule has 1 saturated carbocycles. The van der Waals surface area contributed by atoms with Crippen LogP contribution in [0.25, 0.3) is 11.0 Å². The van der Waals surface area contributed by atoms with Gasteiger partial charge in [0.05, 0.1) is 43.6 Å². The third-order valence-electron chi connectivity index (χ3n) is 10.8. The Balaban J connectivity index is 1.13. The fraction of sp³-hybridized carbons (Fsp3) is 0.568. The number of thioether (sulfide) groups is 2. The number of benzene rings is 1. The van der Waals surface area contributed by atoms with Crippen LogP contribution in [0.15, 0.2) is 35.3 Å². The standard InChI is InChI=1S/C44H60N6O13S2/c1-3-28(42(57)58)24-64-34-11-12-35(34)65-25-31(22-32(52)15-18-61-17-14-26(2)51)39(54)46-16-19-62-20-21-63-36(53)13-10-33(43(59)60)48-40(55)29-7-4-27(5-8-29)6-9-30-23-47-38-37(30)41(56)50-44(45)49-38/h4-5,7-8,23,28,31,33-35H,3,6,9-22,24-25H2,1-2H3,(H,46,54)(H,48,55)(H,57,58)(H,59,60)(H4,45,47,49,50,56)/t28?,31?,33-,34?,35?/m0/s1. The Bertz CT molecular complexity index is 2150. The second-order valence-electron chi connectivity index (χ2n) is 15.7. The van der Waals surface area contributed by atoms with Crippen LogP contribution in [0.4, 0.5) is 5.95 Å². The number of hydrogen-bond donors (Lipinski definition) is 7. The number of fused-ring (bicyclic) bond motifs is 1. The number of carboxylic acids is 2. The lowest BCUT2D eigenvalue weighted by Crippen LogP contribution is -2.41. The Morgan fingerprint density at radius 1 is 0.877 bits per heavy atom. The topological polar surface area (TPSA) is 299 Å². The molecule has 1 aliphatic carbocycles. The monoisotopic (exact) mass is 944 g/mol. The fourth-order valence-corrected chi connectivity index (χ4v) is 10.1. The van der Waals surface area contributed by atoms with Gasteiger partial charge in [-0.3, -0.25) is 38.5 Å². The predicted octanol–water partition coefficient (Wildman–Crippen LogP) is 3.33. The fourth-order valence-electron chi connectivity index (χ4n) is 6.73. The molecule has 0 aliphatic heterocycles. The molecule has 356 valence electrons. The van der Waals surface area contributed by atoms with E-state index in [0.717, 1.165) is 24.0 Å². The molecule has 0 radical (unpaired) electrons. The lowest BCUT2D eigenvalue weighted by molar-refractivity contribution is -0.146. The van der Waals surface area contributed by atoms with Gasteiger partial charge < -0.3 is 45.8 Å². The number of ketones is 2. The number of carbonyl (C=O) groups excluding carboxylic acids is 5. The summed E-state index contributed by atoms with van der Waals surface area (Å²) in [6, 6.07) is 5.23. The van der Waals surface area contributed by atoms with Crippen molar-refractivity contribution >= 4 is 81.8 Å². The number of rotatable bonds is 32. The number of Topliss-reactive ketones (excluding diaryl/α,β-unsaturated/α-hetero) is 2. The number of aromatic nitrogens is 3. The van der Waals surface area contributed by atoms with Crippen LogP contribution in [0.2, 0.25) is 0 Å². The Kier molecular flexibility index (Phi) is 22.0. The molecule has 2 heterocycles. The molecule has 8 N–H and O–H groups in total. The summed E-state index contributed by atoms with van der Waals surface area (Å²) < 4.78 is 16.1. The van der Waals surface area contributed by atoms with Gasteiger partial charge in [-0.05, 0) is 68.7 Å². The van der Waals surface area contributed by atoms with Gasteiger partial charge in [-0.2, -0.15) is 28.5 Å². The molecule has 0 bridgehead atoms. The largest absolute Gasteiger partial charge is 0.481 e. The van der Waals surface area contributed by atoms with E-state index < -0.39 is 41.7 Å². The normalized spacial score (nSPS) is 15.9.